The van der Waals surface area contributed by atoms with Crippen LogP contribution in [0.5, 0.6) is 5.75 Å². The molecule has 0 aliphatic carbocycles. The highest BCUT2D eigenvalue weighted by Gasteiger charge is 2.27. The second-order valence-electron chi connectivity index (χ2n) is 8.09. The third-order valence-corrected chi connectivity index (χ3v) is 7.53. The van der Waals surface area contributed by atoms with Gasteiger partial charge in [-0.25, -0.2) is 8.42 Å². The zero-order valence-corrected chi connectivity index (χ0v) is 23.6. The van der Waals surface area contributed by atoms with E-state index in [0.29, 0.717) is 33.6 Å². The number of ether oxygens (including phenoxy) is 1. The summed E-state index contributed by atoms with van der Waals surface area (Å²) in [6.45, 7) is 3.98. The van der Waals surface area contributed by atoms with Crippen molar-refractivity contribution in [3.05, 3.63) is 57.0 Å². The van der Waals surface area contributed by atoms with E-state index >= 15 is 0 Å². The third-order valence-electron chi connectivity index (χ3n) is 5.45. The summed E-state index contributed by atoms with van der Waals surface area (Å²) in [5.41, 5.74) is 0.993. The maximum absolute atomic E-state index is 13.3. The Labute approximate surface area is 227 Å². The average Bonchev–Trinajstić information content (AvgIpc) is 2.80. The van der Waals surface area contributed by atoms with Gasteiger partial charge in [-0.3, -0.25) is 13.9 Å². The van der Waals surface area contributed by atoms with E-state index in [-0.39, 0.29) is 42.8 Å². The number of nitrogens with one attached hydrogen (secondary N) is 1. The van der Waals surface area contributed by atoms with Gasteiger partial charge in [0.15, 0.2) is 0 Å². The van der Waals surface area contributed by atoms with Crippen molar-refractivity contribution in [3.8, 4) is 5.75 Å². The zero-order chi connectivity index (χ0) is 27.0. The average molecular weight is 579 g/mol. The summed E-state index contributed by atoms with van der Waals surface area (Å²) < 4.78 is 31.2. The van der Waals surface area contributed by atoms with Gasteiger partial charge in [0.2, 0.25) is 21.8 Å². The van der Waals surface area contributed by atoms with Crippen molar-refractivity contribution in [3.63, 3.8) is 0 Å². The molecule has 0 bridgehead atoms. The van der Waals surface area contributed by atoms with E-state index in [2.05, 4.69) is 5.32 Å². The van der Waals surface area contributed by atoms with Gasteiger partial charge in [0.25, 0.3) is 0 Å². The first-order valence-corrected chi connectivity index (χ1v) is 14.2. The molecule has 1 N–H and O–H groups in total. The van der Waals surface area contributed by atoms with Crippen LogP contribution in [0.1, 0.15) is 32.3 Å². The smallest absolute Gasteiger partial charge is 0.242 e. The number of hydrogen-bond acceptors (Lipinski definition) is 5. The van der Waals surface area contributed by atoms with Gasteiger partial charge >= 0.3 is 0 Å². The van der Waals surface area contributed by atoms with Gasteiger partial charge in [0.1, 0.15) is 11.8 Å². The molecule has 8 nitrogen and oxygen atoms in total. The Morgan fingerprint density at radius 2 is 1.78 bits per heavy atom. The van der Waals surface area contributed by atoms with E-state index in [1.54, 1.807) is 44.2 Å². The number of rotatable bonds is 12. The van der Waals surface area contributed by atoms with Crippen molar-refractivity contribution in [2.24, 2.45) is 0 Å². The molecule has 0 heterocycles. The molecular formula is C24H30Cl3N3O5S. The predicted molar refractivity (Wildman–Crippen MR) is 145 cm³/mol. The van der Waals surface area contributed by atoms with E-state index in [1.807, 2.05) is 0 Å². The lowest BCUT2D eigenvalue weighted by Crippen LogP contribution is -2.47. The number of likely N-dealkylation sites (N-methyl/N-ethyl adjacent to an activating group) is 1. The first-order valence-electron chi connectivity index (χ1n) is 11.2. The lowest BCUT2D eigenvalue weighted by atomic mass is 10.1. The van der Waals surface area contributed by atoms with Gasteiger partial charge in [-0.15, -0.1) is 0 Å². The molecule has 0 fully saturated rings. The number of hydrogen-bond donors (Lipinski definition) is 1. The number of anilines is 1. The van der Waals surface area contributed by atoms with E-state index in [1.165, 1.54) is 22.4 Å². The Kier molecular flexibility index (Phi) is 11.2. The molecule has 2 amide bonds. The van der Waals surface area contributed by atoms with Crippen LogP contribution in [0, 0.1) is 0 Å². The summed E-state index contributed by atoms with van der Waals surface area (Å²) in [4.78, 5) is 27.2. The van der Waals surface area contributed by atoms with Gasteiger partial charge in [0, 0.05) is 36.1 Å². The molecule has 0 saturated heterocycles. The van der Waals surface area contributed by atoms with Crippen LogP contribution in [0.4, 0.5) is 5.69 Å². The number of sulfonamides is 1. The van der Waals surface area contributed by atoms with Crippen molar-refractivity contribution >= 4 is 62.3 Å². The number of carbonyl (C=O) groups is 2. The largest absolute Gasteiger partial charge is 0.495 e. The molecule has 0 spiro atoms. The topological polar surface area (TPSA) is 96.0 Å². The van der Waals surface area contributed by atoms with Crippen LogP contribution in [0.15, 0.2) is 36.4 Å². The molecule has 2 aromatic carbocycles. The second-order valence-corrected chi connectivity index (χ2v) is 11.2. The van der Waals surface area contributed by atoms with Gasteiger partial charge in [0.05, 0.1) is 24.1 Å². The highest BCUT2D eigenvalue weighted by molar-refractivity contribution is 7.92. The van der Waals surface area contributed by atoms with Crippen LogP contribution in [0.3, 0.4) is 0 Å². The summed E-state index contributed by atoms with van der Waals surface area (Å²) in [6, 6.07) is 8.82. The minimum Gasteiger partial charge on any atom is -0.495 e. The number of carbonyl (C=O) groups excluding carboxylic acids is 2. The van der Waals surface area contributed by atoms with Crippen molar-refractivity contribution < 1.29 is 22.7 Å². The first-order chi connectivity index (χ1) is 16.9. The van der Waals surface area contributed by atoms with Crippen molar-refractivity contribution in [1.82, 2.24) is 10.2 Å². The fourth-order valence-electron chi connectivity index (χ4n) is 3.55. The molecule has 12 heteroatoms. The summed E-state index contributed by atoms with van der Waals surface area (Å²) in [6.07, 6.45) is 1.30. The van der Waals surface area contributed by atoms with Crippen LogP contribution in [-0.4, -0.2) is 57.6 Å². The first kappa shape index (κ1) is 30.0. The molecular weight excluding hydrogens is 549 g/mol. The van der Waals surface area contributed by atoms with Gasteiger partial charge < -0.3 is 15.0 Å². The molecule has 0 radical (unpaired) electrons. The highest BCUT2D eigenvalue weighted by atomic mass is 35.5. The maximum Gasteiger partial charge on any atom is 0.242 e. The number of amides is 2. The fraction of sp³-hybridized carbons (Fsp3) is 0.417. The SMILES string of the molecule is CCNC(=O)[C@H](C)N(Cc1ccc(Cl)cc1Cl)C(=O)CCCN(c1ccc(OC)c(Cl)c1)S(C)(=O)=O. The number of halogens is 3. The Morgan fingerprint density at radius 1 is 1.08 bits per heavy atom. The molecule has 0 saturated carbocycles. The minimum absolute atomic E-state index is 0.00482. The molecule has 2 rings (SSSR count). The number of methoxy groups -OCH3 is 1. The van der Waals surface area contributed by atoms with Crippen LogP contribution < -0.4 is 14.4 Å². The summed E-state index contributed by atoms with van der Waals surface area (Å²) in [7, 11) is -2.19. The minimum atomic E-state index is -3.65. The van der Waals surface area contributed by atoms with Gasteiger partial charge in [-0.05, 0) is 56.2 Å². The maximum atomic E-state index is 13.3. The van der Waals surface area contributed by atoms with Crippen LogP contribution in [-0.2, 0) is 26.2 Å². The Bertz CT molecular complexity index is 1190. The Hall–Kier alpha value is -2.20. The standard InChI is InChI=1S/C24H30Cl3N3O5S/c1-5-28-24(32)16(2)29(15-17-8-9-18(25)13-20(17)26)23(31)7-6-12-30(36(4,33)34)19-10-11-22(35-3)21(27)14-19/h8-11,13-14,16H,5-7,12,15H2,1-4H3,(H,28,32)/t16-/m0/s1. The van der Waals surface area contributed by atoms with E-state index in [0.717, 1.165) is 6.26 Å². The van der Waals surface area contributed by atoms with Gasteiger partial charge in [-0.1, -0.05) is 40.9 Å². The summed E-state index contributed by atoms with van der Waals surface area (Å²) in [5, 5.41) is 3.82. The fourth-order valence-corrected chi connectivity index (χ4v) is 5.23. The van der Waals surface area contributed by atoms with Crippen molar-refractivity contribution in [1.29, 1.82) is 0 Å². The van der Waals surface area contributed by atoms with Crippen LogP contribution >= 0.6 is 34.8 Å². The third kappa shape index (κ3) is 8.16. The molecule has 0 unspecified atom stereocenters. The molecule has 0 aromatic heterocycles. The summed E-state index contributed by atoms with van der Waals surface area (Å²) in [5.74, 6) is -0.206. The predicted octanol–water partition coefficient (Wildman–Crippen LogP) is 4.76. The molecule has 36 heavy (non-hydrogen) atoms. The quantitative estimate of drug-likeness (QED) is 0.392. The molecule has 1 atom stereocenters. The van der Waals surface area contributed by atoms with E-state index in [4.69, 9.17) is 39.5 Å². The van der Waals surface area contributed by atoms with E-state index in [9.17, 15) is 18.0 Å². The molecule has 0 aliphatic heterocycles. The van der Waals surface area contributed by atoms with Gasteiger partial charge in [-0.2, -0.15) is 0 Å². The normalized spacial score (nSPS) is 12.1. The van der Waals surface area contributed by atoms with Crippen molar-refractivity contribution in [2.45, 2.75) is 39.3 Å². The Morgan fingerprint density at radius 3 is 2.33 bits per heavy atom. The van der Waals surface area contributed by atoms with E-state index < -0.39 is 16.1 Å². The molecule has 198 valence electrons. The van der Waals surface area contributed by atoms with Crippen LogP contribution in [0.2, 0.25) is 15.1 Å². The second kappa shape index (κ2) is 13.4. The molecule has 2 aromatic rings. The summed E-state index contributed by atoms with van der Waals surface area (Å²) >= 11 is 18.5. The Balaban J connectivity index is 2.21. The highest BCUT2D eigenvalue weighted by Crippen LogP contribution is 2.30. The lowest BCUT2D eigenvalue weighted by molar-refractivity contribution is -0.140. The lowest BCUT2D eigenvalue weighted by Gasteiger charge is -2.29. The monoisotopic (exact) mass is 577 g/mol. The zero-order valence-electron chi connectivity index (χ0n) is 20.6. The number of benzene rings is 2. The van der Waals surface area contributed by atoms with Crippen LogP contribution in [0.25, 0.3) is 0 Å². The number of nitrogens with zero attached hydrogens (tertiary/aromatic N) is 2. The molecule has 0 aliphatic rings. The van der Waals surface area contributed by atoms with Crippen molar-refractivity contribution in [2.75, 3.05) is 30.8 Å².